The van der Waals surface area contributed by atoms with Crippen LogP contribution in [0.2, 0.25) is 0 Å². The average molecular weight is 155 g/mol. The van der Waals surface area contributed by atoms with E-state index >= 15 is 0 Å². The van der Waals surface area contributed by atoms with Crippen LogP contribution in [0.4, 0.5) is 0 Å². The Morgan fingerprint density at radius 3 is 1.91 bits per heavy atom. The fourth-order valence-corrected chi connectivity index (χ4v) is 0.394. The summed E-state index contributed by atoms with van der Waals surface area (Å²) in [7, 11) is 0. The predicted molar refractivity (Wildman–Crippen MR) is 52.6 cm³/mol. The first-order valence-corrected chi connectivity index (χ1v) is 4.22. The van der Waals surface area contributed by atoms with E-state index in [-0.39, 0.29) is 0 Å². The molecular formula is C10H21N. The summed E-state index contributed by atoms with van der Waals surface area (Å²) in [6.45, 7) is 10.4. The van der Waals surface area contributed by atoms with E-state index < -0.39 is 0 Å². The lowest BCUT2D eigenvalue weighted by atomic mass is 10.3. The fourth-order valence-electron chi connectivity index (χ4n) is 0.394. The number of unbranched alkanes of at least 4 members (excludes halogenated alkanes) is 2. The molecule has 0 aliphatic rings. The van der Waals surface area contributed by atoms with E-state index in [2.05, 4.69) is 19.2 Å². The van der Waals surface area contributed by atoms with Crippen molar-refractivity contribution < 1.29 is 0 Å². The predicted octanol–water partition coefficient (Wildman–Crippen LogP) is 2.87. The zero-order valence-corrected chi connectivity index (χ0v) is 8.11. The number of hydrogen-bond donors (Lipinski definition) is 1. The average Bonchev–Trinajstić information content (AvgIpc) is 2.02. The molecule has 0 aromatic rings. The van der Waals surface area contributed by atoms with Gasteiger partial charge in [0.25, 0.3) is 0 Å². The molecule has 0 aromatic carbocycles. The van der Waals surface area contributed by atoms with E-state index in [0.717, 1.165) is 12.1 Å². The molecule has 0 heterocycles. The van der Waals surface area contributed by atoms with Gasteiger partial charge in [-0.05, 0) is 32.4 Å². The van der Waals surface area contributed by atoms with Gasteiger partial charge in [-0.2, -0.15) is 0 Å². The van der Waals surface area contributed by atoms with Crippen LogP contribution >= 0.6 is 0 Å². The maximum absolute atomic E-state index is 5.21. The van der Waals surface area contributed by atoms with E-state index in [1.165, 1.54) is 19.3 Å². The van der Waals surface area contributed by atoms with Gasteiger partial charge in [0.15, 0.2) is 0 Å². The Morgan fingerprint density at radius 2 is 1.82 bits per heavy atom. The normalized spacial score (nSPS) is 7.64. The molecule has 0 radical (unpaired) electrons. The van der Waals surface area contributed by atoms with Crippen LogP contribution in [0.1, 0.15) is 40.0 Å². The molecule has 0 atom stereocenters. The zero-order chi connectivity index (χ0) is 9.11. The van der Waals surface area contributed by atoms with Crippen LogP contribution in [0.25, 0.3) is 0 Å². The van der Waals surface area contributed by atoms with Gasteiger partial charge >= 0.3 is 0 Å². The molecule has 0 amide bonds. The van der Waals surface area contributed by atoms with Crippen LogP contribution in [0.5, 0.6) is 0 Å². The molecule has 0 aliphatic heterocycles. The van der Waals surface area contributed by atoms with E-state index in [4.69, 9.17) is 5.73 Å². The Morgan fingerprint density at radius 1 is 1.36 bits per heavy atom. The first-order chi connectivity index (χ1) is 5.18. The van der Waals surface area contributed by atoms with Crippen molar-refractivity contribution in [2.75, 3.05) is 6.54 Å². The third-order valence-corrected chi connectivity index (χ3v) is 1.16. The van der Waals surface area contributed by atoms with E-state index in [9.17, 15) is 0 Å². The lowest BCUT2D eigenvalue weighted by molar-refractivity contribution is 0.727. The van der Waals surface area contributed by atoms with Gasteiger partial charge in [0.2, 0.25) is 0 Å². The highest BCUT2D eigenvalue weighted by atomic mass is 14.5. The molecule has 0 aromatic heterocycles. The molecule has 0 aliphatic carbocycles. The molecule has 1 heteroatoms. The molecule has 66 valence electrons. The van der Waals surface area contributed by atoms with Crippen molar-refractivity contribution in [2.45, 2.75) is 40.0 Å². The Bertz CT molecular complexity index is 102. The highest BCUT2D eigenvalue weighted by molar-refractivity contribution is 4.87. The lowest BCUT2D eigenvalue weighted by Gasteiger charge is -1.86. The van der Waals surface area contributed by atoms with Crippen LogP contribution in [-0.2, 0) is 0 Å². The maximum atomic E-state index is 5.21. The van der Waals surface area contributed by atoms with Gasteiger partial charge in [-0.25, -0.2) is 0 Å². The Kier molecular flexibility index (Phi) is 14.5. The molecule has 0 saturated heterocycles. The molecule has 11 heavy (non-hydrogen) atoms. The lowest BCUT2D eigenvalue weighted by Crippen LogP contribution is -1.96. The summed E-state index contributed by atoms with van der Waals surface area (Å²) < 4.78 is 0. The largest absolute Gasteiger partial charge is 0.330 e. The third-order valence-electron chi connectivity index (χ3n) is 1.16. The van der Waals surface area contributed by atoms with Crippen LogP contribution in [0.15, 0.2) is 17.9 Å². The van der Waals surface area contributed by atoms with E-state index in [1.54, 1.807) is 0 Å². The van der Waals surface area contributed by atoms with E-state index in [0.29, 0.717) is 0 Å². The summed E-state index contributed by atoms with van der Waals surface area (Å²) in [4.78, 5) is 0. The fraction of sp³-hybridized carbons (Fsp3) is 0.700. The molecule has 0 unspecified atom stereocenters. The summed E-state index contributed by atoms with van der Waals surface area (Å²) in [5.74, 6) is 0. The van der Waals surface area contributed by atoms with Gasteiger partial charge < -0.3 is 5.73 Å². The molecule has 0 bridgehead atoms. The van der Waals surface area contributed by atoms with Crippen molar-refractivity contribution in [3.05, 3.63) is 17.9 Å². The standard InChI is InChI=1S/C5H13N.C5H8/c1-2-3-4-5-6;1-4-5(2)3/h2-6H2,1H3;1H2,2-3H3. The van der Waals surface area contributed by atoms with Gasteiger partial charge in [-0.3, -0.25) is 0 Å². The zero-order valence-electron chi connectivity index (χ0n) is 8.11. The smallest absolute Gasteiger partial charge is 0.00773 e. The maximum Gasteiger partial charge on any atom is -0.00773 e. The SMILES string of the molecule is C=C=C(C)C.CCCCCN. The topological polar surface area (TPSA) is 26.0 Å². The van der Waals surface area contributed by atoms with Crippen molar-refractivity contribution >= 4 is 0 Å². The van der Waals surface area contributed by atoms with Crippen molar-refractivity contribution in [3.63, 3.8) is 0 Å². The number of rotatable bonds is 3. The van der Waals surface area contributed by atoms with Crippen LogP contribution in [0, 0.1) is 0 Å². The molecule has 2 N–H and O–H groups in total. The minimum atomic E-state index is 0.855. The van der Waals surface area contributed by atoms with Crippen LogP contribution < -0.4 is 5.73 Å². The second-order valence-electron chi connectivity index (χ2n) is 2.67. The number of nitrogens with two attached hydrogens (primary N) is 1. The van der Waals surface area contributed by atoms with Gasteiger partial charge in [0.1, 0.15) is 0 Å². The highest BCUT2D eigenvalue weighted by Gasteiger charge is 1.75. The van der Waals surface area contributed by atoms with Gasteiger partial charge in [0, 0.05) is 0 Å². The quantitative estimate of drug-likeness (QED) is 0.492. The number of allylic oxidation sites excluding steroid dienone is 1. The summed E-state index contributed by atoms with van der Waals surface area (Å²) in [5.41, 5.74) is 9.05. The van der Waals surface area contributed by atoms with Gasteiger partial charge in [0.05, 0.1) is 0 Å². The van der Waals surface area contributed by atoms with Gasteiger partial charge in [-0.15, -0.1) is 5.73 Å². The molecular weight excluding hydrogens is 134 g/mol. The van der Waals surface area contributed by atoms with Crippen LogP contribution in [-0.4, -0.2) is 6.54 Å². The first-order valence-electron chi connectivity index (χ1n) is 4.22. The van der Waals surface area contributed by atoms with Gasteiger partial charge in [-0.1, -0.05) is 26.3 Å². The van der Waals surface area contributed by atoms with Crippen LogP contribution in [0.3, 0.4) is 0 Å². The van der Waals surface area contributed by atoms with E-state index in [1.807, 2.05) is 13.8 Å². The third kappa shape index (κ3) is 26.4. The number of hydrogen-bond acceptors (Lipinski definition) is 1. The summed E-state index contributed by atoms with van der Waals surface area (Å²) in [5, 5.41) is 0. The second kappa shape index (κ2) is 12.2. The summed E-state index contributed by atoms with van der Waals surface area (Å²) in [6.07, 6.45) is 3.75. The Hall–Kier alpha value is -0.520. The summed E-state index contributed by atoms with van der Waals surface area (Å²) >= 11 is 0. The van der Waals surface area contributed by atoms with Crippen molar-refractivity contribution in [2.24, 2.45) is 5.73 Å². The second-order valence-corrected chi connectivity index (χ2v) is 2.67. The molecule has 1 nitrogen and oxygen atoms in total. The summed E-state index contributed by atoms with van der Waals surface area (Å²) in [6, 6.07) is 0. The van der Waals surface area contributed by atoms with Crippen molar-refractivity contribution in [1.82, 2.24) is 0 Å². The minimum Gasteiger partial charge on any atom is -0.330 e. The Labute approximate surface area is 71.0 Å². The molecule has 0 rings (SSSR count). The first kappa shape index (κ1) is 13.1. The highest BCUT2D eigenvalue weighted by Crippen LogP contribution is 1.88. The molecule has 0 saturated carbocycles. The monoisotopic (exact) mass is 155 g/mol. The molecule has 0 spiro atoms. The van der Waals surface area contributed by atoms with Crippen molar-refractivity contribution in [1.29, 1.82) is 0 Å². The minimum absolute atomic E-state index is 0.855. The Balaban J connectivity index is 0. The molecule has 0 fully saturated rings. The van der Waals surface area contributed by atoms with Crippen molar-refractivity contribution in [3.8, 4) is 0 Å².